The van der Waals surface area contributed by atoms with Crippen molar-refractivity contribution in [2.45, 2.75) is 41.5 Å². The van der Waals surface area contributed by atoms with Crippen LogP contribution in [0, 0.1) is 68.6 Å². The predicted molar refractivity (Wildman–Crippen MR) is 77.0 cm³/mol. The van der Waals surface area contributed by atoms with Crippen LogP contribution >= 0.6 is 0 Å². The molecule has 22 heavy (non-hydrogen) atoms. The maximum Gasteiger partial charge on any atom is 3.00 e. The van der Waals surface area contributed by atoms with Crippen molar-refractivity contribution < 1.29 is 78.1 Å². The quantitative estimate of drug-likeness (QED) is 0.445. The Bertz CT molecular complexity index is 314. The molecule has 0 saturated carbocycles. The van der Waals surface area contributed by atoms with Gasteiger partial charge >= 0.3 is 49.4 Å². The molecule has 0 N–H and O–H groups in total. The number of Topliss-reactive ketones (excluding diaryl/α,β-unsaturated/α-hetero) is 6. The maximum atomic E-state index is 9.98. The van der Waals surface area contributed by atoms with Gasteiger partial charge in [0.1, 0.15) is 0 Å². The summed E-state index contributed by atoms with van der Waals surface area (Å²) in [6.07, 6.45) is 3.17. The normalized spacial score (nSPS) is 7.36. The standard InChI is InChI=1S/3C5H7O2.Eu/c3*1-4(6)3-5(2)7;/h3*3H,1-2H3;/q3*-1;+3. The number of hydrogen-bond donors (Lipinski definition) is 0. The smallest absolute Gasteiger partial charge is 0.334 e. The van der Waals surface area contributed by atoms with E-state index in [-0.39, 0.29) is 84.1 Å². The Morgan fingerprint density at radius 3 is 0.500 bits per heavy atom. The molecule has 0 radical (unpaired) electrons. The van der Waals surface area contributed by atoms with Crippen LogP contribution in [0.15, 0.2) is 0 Å². The van der Waals surface area contributed by atoms with Crippen molar-refractivity contribution in [3.05, 3.63) is 19.3 Å². The van der Waals surface area contributed by atoms with Crippen LogP contribution in [0.5, 0.6) is 0 Å². The third-order valence-electron chi connectivity index (χ3n) is 1.22. The molecule has 0 aliphatic heterocycles. The minimum atomic E-state index is -0.187. The van der Waals surface area contributed by atoms with Gasteiger partial charge < -0.3 is 28.8 Å². The molecule has 0 aromatic rings. The molecule has 0 unspecified atom stereocenters. The third-order valence-corrected chi connectivity index (χ3v) is 1.22. The number of carbonyl (C=O) groups excluding carboxylic acids is 6. The molecule has 0 amide bonds. The Morgan fingerprint density at radius 2 is 0.500 bits per heavy atom. The van der Waals surface area contributed by atoms with Gasteiger partial charge in [-0.15, -0.1) is 0 Å². The molecule has 0 aliphatic rings. The van der Waals surface area contributed by atoms with E-state index >= 15 is 0 Å². The van der Waals surface area contributed by atoms with Gasteiger partial charge in [0.15, 0.2) is 0 Å². The van der Waals surface area contributed by atoms with Gasteiger partial charge in [-0.05, 0) is 41.5 Å². The molecule has 0 aromatic heterocycles. The number of carbonyl (C=O) groups is 6. The Kier molecular flexibility index (Phi) is 24.3. The zero-order chi connectivity index (χ0) is 17.6. The van der Waals surface area contributed by atoms with Gasteiger partial charge in [0.25, 0.3) is 0 Å². The number of hydrogen-bond acceptors (Lipinski definition) is 6. The van der Waals surface area contributed by atoms with Gasteiger partial charge in [-0.1, -0.05) is 0 Å². The number of ketones is 6. The van der Waals surface area contributed by atoms with Crippen LogP contribution in [-0.2, 0) is 28.8 Å². The fraction of sp³-hybridized carbons (Fsp3) is 0.400. The summed E-state index contributed by atoms with van der Waals surface area (Å²) in [6, 6.07) is 0. The van der Waals surface area contributed by atoms with Crippen molar-refractivity contribution in [3.63, 3.8) is 0 Å². The molecule has 0 fully saturated rings. The van der Waals surface area contributed by atoms with Crippen molar-refractivity contribution in [1.82, 2.24) is 0 Å². The van der Waals surface area contributed by atoms with E-state index in [1.165, 1.54) is 41.5 Å². The Balaban J connectivity index is -0.000000108. The van der Waals surface area contributed by atoms with E-state index in [1.54, 1.807) is 0 Å². The van der Waals surface area contributed by atoms with Gasteiger partial charge in [-0.25, -0.2) is 0 Å². The molecule has 0 bridgehead atoms. The Hall–Kier alpha value is -0.786. The molecule has 0 aromatic carbocycles. The van der Waals surface area contributed by atoms with Gasteiger partial charge in [0.2, 0.25) is 0 Å². The first-order valence-corrected chi connectivity index (χ1v) is 5.96. The van der Waals surface area contributed by atoms with Crippen LogP contribution in [0.25, 0.3) is 0 Å². The van der Waals surface area contributed by atoms with Crippen LogP contribution in [0.2, 0.25) is 0 Å². The second-order valence-corrected chi connectivity index (χ2v) is 4.10. The van der Waals surface area contributed by atoms with Crippen molar-refractivity contribution >= 4 is 34.7 Å². The number of rotatable bonds is 6. The Morgan fingerprint density at radius 1 is 0.409 bits per heavy atom. The van der Waals surface area contributed by atoms with E-state index in [2.05, 4.69) is 0 Å². The Labute approximate surface area is 172 Å². The van der Waals surface area contributed by atoms with E-state index in [0.717, 1.165) is 19.3 Å². The molecule has 0 rings (SSSR count). The zero-order valence-corrected chi connectivity index (χ0v) is 16.0. The summed E-state index contributed by atoms with van der Waals surface area (Å²) in [4.78, 5) is 59.9. The third kappa shape index (κ3) is 50.7. The van der Waals surface area contributed by atoms with Gasteiger partial charge in [0.05, 0.1) is 0 Å². The first-order chi connectivity index (χ1) is 9.38. The van der Waals surface area contributed by atoms with E-state index in [1.807, 2.05) is 0 Å². The fourth-order valence-electron chi connectivity index (χ4n) is 0.859. The summed E-state index contributed by atoms with van der Waals surface area (Å²) in [6.45, 7) is 8.09. The summed E-state index contributed by atoms with van der Waals surface area (Å²) in [5.74, 6) is -1.12. The van der Waals surface area contributed by atoms with Crippen LogP contribution in [0.4, 0.5) is 0 Å². The first-order valence-electron chi connectivity index (χ1n) is 5.96. The topological polar surface area (TPSA) is 102 Å². The van der Waals surface area contributed by atoms with Gasteiger partial charge in [-0.3, -0.25) is 19.3 Å². The van der Waals surface area contributed by atoms with Crippen molar-refractivity contribution in [2.24, 2.45) is 0 Å². The zero-order valence-electron chi connectivity index (χ0n) is 13.6. The average molecular weight is 449 g/mol. The summed E-state index contributed by atoms with van der Waals surface area (Å²) < 4.78 is 0. The molecule has 0 aliphatic carbocycles. The maximum absolute atomic E-state index is 9.98. The average Bonchev–Trinajstić information content (AvgIpc) is 2.10. The minimum Gasteiger partial charge on any atom is -0.334 e. The van der Waals surface area contributed by atoms with Crippen molar-refractivity contribution in [1.29, 1.82) is 0 Å². The molecule has 6 nitrogen and oxygen atoms in total. The summed E-state index contributed by atoms with van der Waals surface area (Å²) in [7, 11) is 0. The summed E-state index contributed by atoms with van der Waals surface area (Å²) >= 11 is 0. The molecular weight excluding hydrogens is 428 g/mol. The molecule has 0 atom stereocenters. The summed E-state index contributed by atoms with van der Waals surface area (Å²) in [5, 5.41) is 0. The van der Waals surface area contributed by atoms with Crippen molar-refractivity contribution in [2.75, 3.05) is 0 Å². The fourth-order valence-corrected chi connectivity index (χ4v) is 0.859. The van der Waals surface area contributed by atoms with Crippen LogP contribution in [-0.4, -0.2) is 34.7 Å². The van der Waals surface area contributed by atoms with E-state index in [4.69, 9.17) is 0 Å². The molecule has 0 saturated heterocycles. The van der Waals surface area contributed by atoms with E-state index in [9.17, 15) is 28.8 Å². The van der Waals surface area contributed by atoms with Crippen LogP contribution < -0.4 is 0 Å². The molecule has 7 heteroatoms. The molecule has 124 valence electrons. The van der Waals surface area contributed by atoms with E-state index < -0.39 is 0 Å². The first kappa shape index (κ1) is 29.3. The summed E-state index contributed by atoms with van der Waals surface area (Å²) in [5.41, 5.74) is 0. The molecule has 0 spiro atoms. The minimum absolute atomic E-state index is 0. The second-order valence-electron chi connectivity index (χ2n) is 4.10. The largest absolute Gasteiger partial charge is 3.00 e. The van der Waals surface area contributed by atoms with E-state index in [0.29, 0.717) is 0 Å². The van der Waals surface area contributed by atoms with Crippen molar-refractivity contribution in [3.8, 4) is 0 Å². The second kappa shape index (κ2) is 18.3. The van der Waals surface area contributed by atoms with Crippen LogP contribution in [0.3, 0.4) is 0 Å². The predicted octanol–water partition coefficient (Wildman–Crippen LogP) is 1.11. The SMILES string of the molecule is CC(=O)[CH-]C(C)=O.CC(=O)[CH-]C(C)=O.CC(=O)[CH-]C(C)=O.[Eu+3]. The van der Waals surface area contributed by atoms with Gasteiger partial charge in [0, 0.05) is 34.7 Å². The van der Waals surface area contributed by atoms with Gasteiger partial charge in [-0.2, -0.15) is 0 Å². The molecular formula is C15H21EuO6. The molecule has 0 heterocycles. The monoisotopic (exact) mass is 450 g/mol. The van der Waals surface area contributed by atoms with Crippen LogP contribution in [0.1, 0.15) is 41.5 Å².